The zero-order valence-electron chi connectivity index (χ0n) is 8.33. The van der Waals surface area contributed by atoms with Gasteiger partial charge in [0.05, 0.1) is 0 Å². The molecular weight excluding hydrogens is 179 g/mol. The number of hydrogen-bond donors (Lipinski definition) is 1. The molecule has 0 amide bonds. The first kappa shape index (κ1) is 9.44. The molecule has 0 spiro atoms. The van der Waals surface area contributed by atoms with Crippen LogP contribution < -0.4 is 5.32 Å². The second-order valence-electron chi connectivity index (χ2n) is 3.86. The van der Waals surface area contributed by atoms with Crippen molar-refractivity contribution in [1.82, 2.24) is 4.98 Å². The number of hydrogen-bond acceptors (Lipinski definition) is 2. The van der Waals surface area contributed by atoms with Crippen molar-refractivity contribution in [3.8, 4) is 0 Å². The van der Waals surface area contributed by atoms with Crippen molar-refractivity contribution in [3.63, 3.8) is 0 Å². The third-order valence-electron chi connectivity index (χ3n) is 2.71. The highest BCUT2D eigenvalue weighted by Crippen LogP contribution is 2.35. The van der Waals surface area contributed by atoms with Gasteiger partial charge in [-0.3, -0.25) is 0 Å². The molecule has 0 aromatic carbocycles. The van der Waals surface area contributed by atoms with Gasteiger partial charge in [-0.05, 0) is 31.2 Å². The Bertz CT molecular complexity index is 310. The van der Waals surface area contributed by atoms with E-state index in [2.05, 4.69) is 17.2 Å². The van der Waals surface area contributed by atoms with Crippen molar-refractivity contribution < 1.29 is 4.39 Å². The first-order valence-electron chi connectivity index (χ1n) is 5.17. The molecule has 2 nitrogen and oxygen atoms in total. The van der Waals surface area contributed by atoms with Gasteiger partial charge in [0.2, 0.25) is 5.95 Å². The largest absolute Gasteiger partial charge is 0.382 e. The third-order valence-corrected chi connectivity index (χ3v) is 2.71. The predicted molar refractivity (Wildman–Crippen MR) is 54.6 cm³/mol. The summed E-state index contributed by atoms with van der Waals surface area (Å²) in [6.07, 6.45) is 5.20. The minimum absolute atomic E-state index is 0.416. The van der Waals surface area contributed by atoms with Crippen LogP contribution in [0.1, 0.15) is 26.2 Å². The van der Waals surface area contributed by atoms with Crippen LogP contribution >= 0.6 is 0 Å². The SMILES string of the molecule is CCC(Nc1ccnc(F)c1)C1CC1. The van der Waals surface area contributed by atoms with Crippen LogP contribution in [0.4, 0.5) is 10.1 Å². The number of aromatic nitrogens is 1. The quantitative estimate of drug-likeness (QED) is 0.745. The maximum atomic E-state index is 12.8. The number of halogens is 1. The van der Waals surface area contributed by atoms with Crippen LogP contribution in [-0.4, -0.2) is 11.0 Å². The Labute approximate surface area is 83.6 Å². The van der Waals surface area contributed by atoms with Crippen LogP contribution in [0, 0.1) is 11.9 Å². The molecule has 0 bridgehead atoms. The fourth-order valence-electron chi connectivity index (χ4n) is 1.76. The molecule has 76 valence electrons. The Hall–Kier alpha value is -1.12. The van der Waals surface area contributed by atoms with E-state index in [1.807, 2.05) is 6.07 Å². The lowest BCUT2D eigenvalue weighted by molar-refractivity contribution is 0.581. The lowest BCUT2D eigenvalue weighted by Gasteiger charge is -2.17. The highest BCUT2D eigenvalue weighted by atomic mass is 19.1. The van der Waals surface area contributed by atoms with Gasteiger partial charge in [0.25, 0.3) is 0 Å². The predicted octanol–water partition coefficient (Wildman–Crippen LogP) is 2.82. The van der Waals surface area contributed by atoms with Crippen LogP contribution in [0.25, 0.3) is 0 Å². The topological polar surface area (TPSA) is 24.9 Å². The standard InChI is InChI=1S/C11H15FN2/c1-2-10(8-3-4-8)14-9-5-6-13-11(12)7-9/h5-8,10H,2-4H2,1H3,(H,13,14). The molecule has 1 N–H and O–H groups in total. The molecule has 1 aromatic rings. The van der Waals surface area contributed by atoms with E-state index >= 15 is 0 Å². The lowest BCUT2D eigenvalue weighted by Crippen LogP contribution is -2.20. The summed E-state index contributed by atoms with van der Waals surface area (Å²) in [5.41, 5.74) is 0.844. The van der Waals surface area contributed by atoms with Crippen molar-refractivity contribution in [2.45, 2.75) is 32.2 Å². The molecule has 1 heterocycles. The average Bonchev–Trinajstić information content (AvgIpc) is 2.97. The normalized spacial score (nSPS) is 17.9. The molecule has 1 saturated carbocycles. The number of rotatable bonds is 4. The van der Waals surface area contributed by atoms with Gasteiger partial charge >= 0.3 is 0 Å². The first-order chi connectivity index (χ1) is 6.79. The van der Waals surface area contributed by atoms with Gasteiger partial charge in [-0.15, -0.1) is 0 Å². The van der Waals surface area contributed by atoms with Crippen molar-refractivity contribution in [1.29, 1.82) is 0 Å². The van der Waals surface area contributed by atoms with Crippen LogP contribution in [0.15, 0.2) is 18.3 Å². The molecule has 1 aromatic heterocycles. The lowest BCUT2D eigenvalue weighted by atomic mass is 10.1. The minimum atomic E-state index is -0.416. The second-order valence-corrected chi connectivity index (χ2v) is 3.86. The average molecular weight is 194 g/mol. The summed E-state index contributed by atoms with van der Waals surface area (Å²) in [4.78, 5) is 3.53. The van der Waals surface area contributed by atoms with Gasteiger partial charge in [-0.1, -0.05) is 6.92 Å². The summed E-state index contributed by atoms with van der Waals surface area (Å²) in [6, 6.07) is 3.76. The molecule has 14 heavy (non-hydrogen) atoms. The zero-order chi connectivity index (χ0) is 9.97. The molecule has 3 heteroatoms. The highest BCUT2D eigenvalue weighted by molar-refractivity contribution is 5.42. The van der Waals surface area contributed by atoms with Gasteiger partial charge in [-0.25, -0.2) is 4.98 Å². The molecule has 1 atom stereocenters. The highest BCUT2D eigenvalue weighted by Gasteiger charge is 2.29. The Morgan fingerprint density at radius 2 is 2.43 bits per heavy atom. The number of pyridine rings is 1. The van der Waals surface area contributed by atoms with Gasteiger partial charge in [0.1, 0.15) is 0 Å². The molecule has 2 rings (SSSR count). The molecule has 0 aliphatic heterocycles. The van der Waals surface area contributed by atoms with Crippen molar-refractivity contribution in [2.75, 3.05) is 5.32 Å². The van der Waals surface area contributed by atoms with Crippen LogP contribution in [0.5, 0.6) is 0 Å². The Morgan fingerprint density at radius 1 is 1.64 bits per heavy atom. The Morgan fingerprint density at radius 3 is 3.00 bits per heavy atom. The smallest absolute Gasteiger partial charge is 0.214 e. The van der Waals surface area contributed by atoms with Crippen LogP contribution in [-0.2, 0) is 0 Å². The first-order valence-corrected chi connectivity index (χ1v) is 5.17. The minimum Gasteiger partial charge on any atom is -0.382 e. The van der Waals surface area contributed by atoms with Crippen molar-refractivity contribution in [3.05, 3.63) is 24.3 Å². The third kappa shape index (κ3) is 2.22. The van der Waals surface area contributed by atoms with Crippen molar-refractivity contribution in [2.24, 2.45) is 5.92 Å². The van der Waals surface area contributed by atoms with Gasteiger partial charge in [0.15, 0.2) is 0 Å². The molecular formula is C11H15FN2. The van der Waals surface area contributed by atoms with E-state index in [0.717, 1.165) is 18.0 Å². The van der Waals surface area contributed by atoms with E-state index in [1.54, 1.807) is 0 Å². The summed E-state index contributed by atoms with van der Waals surface area (Å²) < 4.78 is 12.8. The molecule has 1 fully saturated rings. The maximum Gasteiger partial charge on any atom is 0.214 e. The molecule has 1 unspecified atom stereocenters. The van der Waals surface area contributed by atoms with Crippen LogP contribution in [0.2, 0.25) is 0 Å². The Kier molecular flexibility index (Phi) is 2.66. The molecule has 0 radical (unpaired) electrons. The van der Waals surface area contributed by atoms with E-state index in [-0.39, 0.29) is 0 Å². The summed E-state index contributed by atoms with van der Waals surface area (Å²) in [6.45, 7) is 2.16. The van der Waals surface area contributed by atoms with E-state index in [1.165, 1.54) is 25.1 Å². The monoisotopic (exact) mass is 194 g/mol. The summed E-state index contributed by atoms with van der Waals surface area (Å²) in [5, 5.41) is 3.35. The van der Waals surface area contributed by atoms with E-state index in [9.17, 15) is 4.39 Å². The van der Waals surface area contributed by atoms with Gasteiger partial charge in [-0.2, -0.15) is 4.39 Å². The maximum absolute atomic E-state index is 12.8. The van der Waals surface area contributed by atoms with Gasteiger partial charge < -0.3 is 5.32 Å². The molecule has 0 saturated heterocycles. The fourth-order valence-corrected chi connectivity index (χ4v) is 1.76. The summed E-state index contributed by atoms with van der Waals surface area (Å²) in [7, 11) is 0. The van der Waals surface area contributed by atoms with E-state index in [4.69, 9.17) is 0 Å². The van der Waals surface area contributed by atoms with E-state index in [0.29, 0.717) is 6.04 Å². The fraction of sp³-hybridized carbons (Fsp3) is 0.545. The zero-order valence-corrected chi connectivity index (χ0v) is 8.33. The summed E-state index contributed by atoms with van der Waals surface area (Å²) in [5.74, 6) is 0.372. The molecule has 1 aliphatic carbocycles. The van der Waals surface area contributed by atoms with Gasteiger partial charge in [0, 0.05) is 24.0 Å². The summed E-state index contributed by atoms with van der Waals surface area (Å²) >= 11 is 0. The van der Waals surface area contributed by atoms with Crippen LogP contribution in [0.3, 0.4) is 0 Å². The number of nitrogens with one attached hydrogen (secondary N) is 1. The number of anilines is 1. The second kappa shape index (κ2) is 3.95. The number of nitrogens with zero attached hydrogens (tertiary/aromatic N) is 1. The van der Waals surface area contributed by atoms with E-state index < -0.39 is 5.95 Å². The Balaban J connectivity index is 2.01. The molecule has 1 aliphatic rings. The van der Waals surface area contributed by atoms with Crippen molar-refractivity contribution >= 4 is 5.69 Å².